The first kappa shape index (κ1) is 34.5. The fourth-order valence-corrected chi connectivity index (χ4v) is 6.31. The maximum atomic E-state index is 14.0. The second kappa shape index (κ2) is 16.3. The van der Waals surface area contributed by atoms with Gasteiger partial charge in [0.1, 0.15) is 0 Å². The second-order valence-electron chi connectivity index (χ2n) is 12.4. The van der Waals surface area contributed by atoms with E-state index in [9.17, 15) is 19.2 Å². The van der Waals surface area contributed by atoms with Crippen LogP contribution < -0.4 is 27.0 Å². The van der Waals surface area contributed by atoms with E-state index in [0.717, 1.165) is 24.0 Å². The molecule has 0 radical (unpaired) electrons. The zero-order chi connectivity index (χ0) is 34.0. The lowest BCUT2D eigenvalue weighted by Gasteiger charge is -2.23. The molecule has 3 atom stereocenters. The van der Waals surface area contributed by atoms with E-state index in [4.69, 9.17) is 5.73 Å². The third-order valence-corrected chi connectivity index (χ3v) is 9.33. The number of carbonyl (C=O) groups excluding carboxylic acids is 4. The smallest absolute Gasteiger partial charge is 0.251 e. The van der Waals surface area contributed by atoms with Gasteiger partial charge in [-0.25, -0.2) is 0 Å². The molecule has 10 heteroatoms. The van der Waals surface area contributed by atoms with Crippen LogP contribution >= 0.6 is 11.3 Å². The first-order valence-electron chi connectivity index (χ1n) is 16.4. The Morgan fingerprint density at radius 1 is 0.896 bits per heavy atom. The number of carbonyl (C=O) groups is 4. The predicted octanol–water partition coefficient (Wildman–Crippen LogP) is 5.24. The minimum Gasteiger partial charge on any atom is -0.366 e. The lowest BCUT2D eigenvalue weighted by Crippen LogP contribution is -2.50. The molecule has 6 N–H and O–H groups in total. The summed E-state index contributed by atoms with van der Waals surface area (Å²) in [6, 6.07) is 22.4. The summed E-state index contributed by atoms with van der Waals surface area (Å²) in [6.07, 6.45) is 3.47. The first-order chi connectivity index (χ1) is 23.2. The average Bonchev–Trinajstić information content (AvgIpc) is 3.80. The van der Waals surface area contributed by atoms with Gasteiger partial charge in [0.05, 0.1) is 12.1 Å². The van der Waals surface area contributed by atoms with Crippen LogP contribution in [-0.4, -0.2) is 48.8 Å². The standard InChI is InChI=1S/C38H43N5O4S/c1-3-34(38(47)41-21-25-13-14-25)40-22-31(17-26-15-16-48-23-26)43-37(46)30-19-28(32-11-7-8-12-33(32)35(39)44)18-29(20-30)36(45)42-24(2)27-9-5-4-6-10-27/h4-12,15-16,18-20,23-25,31,34,40H,3,13-14,17,21-22H2,1-2H3,(H2,39,44)(H,41,47)(H,42,45)(H,43,46)/t24-,31+,34+/m1/s1. The second-order valence-corrected chi connectivity index (χ2v) is 13.2. The molecule has 4 amide bonds. The highest BCUT2D eigenvalue weighted by molar-refractivity contribution is 7.07. The first-order valence-corrected chi connectivity index (χ1v) is 17.4. The number of benzene rings is 3. The summed E-state index contributed by atoms with van der Waals surface area (Å²) < 4.78 is 0. The van der Waals surface area contributed by atoms with Gasteiger partial charge in [-0.2, -0.15) is 11.3 Å². The number of primary amides is 1. The maximum absolute atomic E-state index is 14.0. The lowest BCUT2D eigenvalue weighted by atomic mass is 9.94. The summed E-state index contributed by atoms with van der Waals surface area (Å²) >= 11 is 1.58. The fraction of sp³-hybridized carbons (Fsp3) is 0.316. The van der Waals surface area contributed by atoms with E-state index in [1.165, 1.54) is 0 Å². The molecule has 250 valence electrons. The van der Waals surface area contributed by atoms with Gasteiger partial charge in [-0.3, -0.25) is 19.2 Å². The van der Waals surface area contributed by atoms with E-state index in [-0.39, 0.29) is 52.5 Å². The van der Waals surface area contributed by atoms with E-state index in [1.54, 1.807) is 53.8 Å². The molecule has 4 aromatic rings. The van der Waals surface area contributed by atoms with Crippen molar-refractivity contribution in [3.63, 3.8) is 0 Å². The largest absolute Gasteiger partial charge is 0.366 e. The van der Waals surface area contributed by atoms with Gasteiger partial charge in [-0.05, 0) is 102 Å². The third kappa shape index (κ3) is 9.39. The van der Waals surface area contributed by atoms with Crippen LogP contribution in [0.15, 0.2) is 89.6 Å². The molecule has 9 nitrogen and oxygen atoms in total. The molecule has 1 heterocycles. The van der Waals surface area contributed by atoms with Gasteiger partial charge < -0.3 is 27.0 Å². The van der Waals surface area contributed by atoms with Crippen molar-refractivity contribution in [2.24, 2.45) is 11.7 Å². The normalized spacial score (nSPS) is 14.4. The number of hydrogen-bond acceptors (Lipinski definition) is 6. The fourth-order valence-electron chi connectivity index (χ4n) is 5.63. The van der Waals surface area contributed by atoms with Gasteiger partial charge in [0, 0.05) is 35.8 Å². The Morgan fingerprint density at radius 2 is 1.58 bits per heavy atom. The van der Waals surface area contributed by atoms with Gasteiger partial charge in [-0.1, -0.05) is 55.5 Å². The lowest BCUT2D eigenvalue weighted by molar-refractivity contribution is -0.123. The van der Waals surface area contributed by atoms with Crippen molar-refractivity contribution in [2.45, 2.75) is 57.7 Å². The van der Waals surface area contributed by atoms with E-state index < -0.39 is 5.91 Å². The average molecular weight is 666 g/mol. The molecule has 48 heavy (non-hydrogen) atoms. The number of nitrogens with two attached hydrogens (primary N) is 1. The molecule has 0 bridgehead atoms. The highest BCUT2D eigenvalue weighted by Crippen LogP contribution is 2.28. The predicted molar refractivity (Wildman–Crippen MR) is 190 cm³/mol. The Morgan fingerprint density at radius 3 is 2.23 bits per heavy atom. The molecule has 0 saturated heterocycles. The van der Waals surface area contributed by atoms with Gasteiger partial charge in [0.2, 0.25) is 11.8 Å². The Bertz CT molecular complexity index is 1720. The molecule has 1 saturated carbocycles. The van der Waals surface area contributed by atoms with Gasteiger partial charge >= 0.3 is 0 Å². The summed E-state index contributed by atoms with van der Waals surface area (Å²) in [5.41, 5.74) is 9.55. The molecular weight excluding hydrogens is 623 g/mol. The molecule has 5 rings (SSSR count). The highest BCUT2D eigenvalue weighted by atomic mass is 32.1. The number of hydrogen-bond donors (Lipinski definition) is 5. The van der Waals surface area contributed by atoms with Crippen molar-refractivity contribution in [3.8, 4) is 11.1 Å². The van der Waals surface area contributed by atoms with Crippen molar-refractivity contribution in [1.29, 1.82) is 0 Å². The Hall–Kier alpha value is -4.80. The zero-order valence-corrected chi connectivity index (χ0v) is 28.1. The molecule has 1 aliphatic carbocycles. The number of rotatable bonds is 16. The topological polar surface area (TPSA) is 142 Å². The van der Waals surface area contributed by atoms with Crippen LogP contribution in [0.5, 0.6) is 0 Å². The summed E-state index contributed by atoms with van der Waals surface area (Å²) in [5.74, 6) is -0.814. The molecule has 1 aliphatic rings. The van der Waals surface area contributed by atoms with Crippen LogP contribution in [0.3, 0.4) is 0 Å². The molecule has 0 spiro atoms. The Labute approximate surface area is 285 Å². The van der Waals surface area contributed by atoms with E-state index in [2.05, 4.69) is 21.3 Å². The van der Waals surface area contributed by atoms with Crippen molar-refractivity contribution < 1.29 is 19.2 Å². The SMILES string of the molecule is CC[C@H](NC[C@H](Cc1ccsc1)NC(=O)c1cc(C(=O)N[C@H](C)c2ccccc2)cc(-c2ccccc2C(N)=O)c1)C(=O)NCC1CC1. The van der Waals surface area contributed by atoms with Crippen LogP contribution in [-0.2, 0) is 11.2 Å². The van der Waals surface area contributed by atoms with Crippen molar-refractivity contribution in [3.05, 3.63) is 117 Å². The maximum Gasteiger partial charge on any atom is 0.251 e. The van der Waals surface area contributed by atoms with Gasteiger partial charge in [0.15, 0.2) is 0 Å². The van der Waals surface area contributed by atoms with Crippen LogP contribution in [0.25, 0.3) is 11.1 Å². The third-order valence-electron chi connectivity index (χ3n) is 8.60. The van der Waals surface area contributed by atoms with Crippen LogP contribution in [0, 0.1) is 5.92 Å². The van der Waals surface area contributed by atoms with Gasteiger partial charge in [-0.15, -0.1) is 0 Å². The highest BCUT2D eigenvalue weighted by Gasteiger charge is 2.25. The van der Waals surface area contributed by atoms with Gasteiger partial charge in [0.25, 0.3) is 11.8 Å². The molecule has 0 aliphatic heterocycles. The number of amides is 4. The van der Waals surface area contributed by atoms with E-state index in [1.807, 2.05) is 61.0 Å². The Kier molecular flexibility index (Phi) is 11.8. The number of nitrogens with one attached hydrogen (secondary N) is 4. The monoisotopic (exact) mass is 665 g/mol. The zero-order valence-electron chi connectivity index (χ0n) is 27.3. The molecule has 1 fully saturated rings. The van der Waals surface area contributed by atoms with Crippen LogP contribution in [0.4, 0.5) is 0 Å². The number of thiophene rings is 1. The van der Waals surface area contributed by atoms with Crippen molar-refractivity contribution in [2.75, 3.05) is 13.1 Å². The molecule has 3 aromatic carbocycles. The van der Waals surface area contributed by atoms with Crippen LogP contribution in [0.2, 0.25) is 0 Å². The van der Waals surface area contributed by atoms with E-state index >= 15 is 0 Å². The van der Waals surface area contributed by atoms with Crippen molar-refractivity contribution in [1.82, 2.24) is 21.3 Å². The summed E-state index contributed by atoms with van der Waals surface area (Å²) in [4.78, 5) is 52.8. The van der Waals surface area contributed by atoms with E-state index in [0.29, 0.717) is 43.0 Å². The summed E-state index contributed by atoms with van der Waals surface area (Å²) in [5, 5.41) is 16.6. The van der Waals surface area contributed by atoms with Crippen molar-refractivity contribution >= 4 is 35.0 Å². The minimum absolute atomic E-state index is 0.0359. The Balaban J connectivity index is 1.41. The summed E-state index contributed by atoms with van der Waals surface area (Å²) in [7, 11) is 0. The molecular formula is C38H43N5O4S. The molecule has 1 aromatic heterocycles. The quantitative estimate of drug-likeness (QED) is 0.111. The van der Waals surface area contributed by atoms with Crippen LogP contribution in [0.1, 0.15) is 81.4 Å². The summed E-state index contributed by atoms with van der Waals surface area (Å²) in [6.45, 7) is 4.91. The molecule has 0 unspecified atom stereocenters. The minimum atomic E-state index is -0.613.